The van der Waals surface area contributed by atoms with Gasteiger partial charge in [0.1, 0.15) is 5.82 Å². The summed E-state index contributed by atoms with van der Waals surface area (Å²) in [6.45, 7) is 1.46. The van der Waals surface area contributed by atoms with Gasteiger partial charge in [-0.15, -0.1) is 0 Å². The highest BCUT2D eigenvalue weighted by Crippen LogP contribution is 2.19. The number of hydrogen-bond acceptors (Lipinski definition) is 7. The molecular weight excluding hydrogens is 413 g/mol. The van der Waals surface area contributed by atoms with Crippen molar-refractivity contribution in [3.63, 3.8) is 0 Å². The number of aryl methyl sites for hydroxylation is 2. The number of ether oxygens (including phenoxy) is 1. The maximum Gasteiger partial charge on any atom is 0.306 e. The van der Waals surface area contributed by atoms with Crippen molar-refractivity contribution in [3.8, 4) is 11.4 Å². The van der Waals surface area contributed by atoms with Crippen LogP contribution >= 0.6 is 0 Å². The fraction of sp³-hybridized carbons (Fsp3) is 0.250. The van der Waals surface area contributed by atoms with Crippen LogP contribution in [0.3, 0.4) is 0 Å². The lowest BCUT2D eigenvalue weighted by atomic mass is 10.1. The average molecular weight is 433 g/mol. The molecule has 0 aliphatic heterocycles. The van der Waals surface area contributed by atoms with Crippen molar-refractivity contribution in [2.75, 3.05) is 7.05 Å². The Labute approximate surface area is 173 Å². The van der Waals surface area contributed by atoms with E-state index in [1.165, 1.54) is 25.2 Å². The van der Waals surface area contributed by atoms with Gasteiger partial charge < -0.3 is 9.26 Å². The molecule has 158 valence electrons. The highest BCUT2D eigenvalue weighted by atomic mass is 32.2. The van der Waals surface area contributed by atoms with Crippen LogP contribution in [0.2, 0.25) is 0 Å². The second kappa shape index (κ2) is 9.14. The topological polar surface area (TPSA) is 111 Å². The molecule has 0 saturated heterocycles. The van der Waals surface area contributed by atoms with Gasteiger partial charge >= 0.3 is 5.97 Å². The molecule has 0 aliphatic rings. The molecule has 0 unspecified atom stereocenters. The molecule has 0 radical (unpaired) electrons. The minimum atomic E-state index is -3.49. The first-order chi connectivity index (χ1) is 14.3. The first-order valence-electron chi connectivity index (χ1n) is 9.06. The van der Waals surface area contributed by atoms with E-state index in [1.807, 2.05) is 0 Å². The number of sulfonamides is 1. The first-order valence-corrected chi connectivity index (χ1v) is 10.5. The van der Waals surface area contributed by atoms with Gasteiger partial charge in [-0.05, 0) is 49.7 Å². The van der Waals surface area contributed by atoms with Crippen LogP contribution in [0.1, 0.15) is 23.4 Å². The number of carbonyl (C=O) groups excluding carboxylic acids is 1. The molecule has 0 amide bonds. The number of carbonyl (C=O) groups is 1. The number of rotatable bonds is 8. The van der Waals surface area contributed by atoms with Gasteiger partial charge in [0.15, 0.2) is 6.61 Å². The van der Waals surface area contributed by atoms with Gasteiger partial charge in [0.25, 0.3) is 5.89 Å². The summed E-state index contributed by atoms with van der Waals surface area (Å²) in [6, 6.07) is 10.8. The summed E-state index contributed by atoms with van der Waals surface area (Å²) in [5, 5.41) is 3.77. The first kappa shape index (κ1) is 21.6. The zero-order valence-electron chi connectivity index (χ0n) is 16.4. The van der Waals surface area contributed by atoms with Crippen molar-refractivity contribution in [1.82, 2.24) is 14.9 Å². The maximum absolute atomic E-state index is 13.7. The van der Waals surface area contributed by atoms with Crippen LogP contribution in [-0.4, -0.2) is 31.6 Å². The van der Waals surface area contributed by atoms with Gasteiger partial charge in [0, 0.05) is 12.0 Å². The number of nitrogens with zero attached hydrogens (tertiary/aromatic N) is 2. The molecule has 30 heavy (non-hydrogen) atoms. The van der Waals surface area contributed by atoms with Gasteiger partial charge in [-0.25, -0.2) is 17.5 Å². The smallest absolute Gasteiger partial charge is 0.306 e. The lowest BCUT2D eigenvalue weighted by Gasteiger charge is -2.05. The zero-order valence-corrected chi connectivity index (χ0v) is 17.2. The van der Waals surface area contributed by atoms with E-state index in [0.717, 1.165) is 5.56 Å². The Morgan fingerprint density at radius 2 is 1.93 bits per heavy atom. The van der Waals surface area contributed by atoms with Gasteiger partial charge in [0.05, 0.1) is 4.90 Å². The van der Waals surface area contributed by atoms with Crippen molar-refractivity contribution >= 4 is 16.0 Å². The Kier molecular flexibility index (Phi) is 6.58. The second-order valence-electron chi connectivity index (χ2n) is 6.49. The molecule has 0 atom stereocenters. The van der Waals surface area contributed by atoms with E-state index in [2.05, 4.69) is 14.9 Å². The van der Waals surface area contributed by atoms with E-state index in [0.29, 0.717) is 17.5 Å². The van der Waals surface area contributed by atoms with E-state index < -0.39 is 16.0 Å². The summed E-state index contributed by atoms with van der Waals surface area (Å²) in [4.78, 5) is 16.2. The lowest BCUT2D eigenvalue weighted by Crippen LogP contribution is -2.18. The third-order valence-corrected chi connectivity index (χ3v) is 5.81. The summed E-state index contributed by atoms with van der Waals surface area (Å²) in [7, 11) is -2.16. The molecule has 0 aliphatic carbocycles. The van der Waals surface area contributed by atoms with Crippen LogP contribution in [0.5, 0.6) is 0 Å². The summed E-state index contributed by atoms with van der Waals surface area (Å²) in [6.07, 6.45) is 0.485. The fourth-order valence-corrected chi connectivity index (χ4v) is 3.31. The normalized spacial score (nSPS) is 11.4. The number of esters is 1. The zero-order chi connectivity index (χ0) is 21.7. The summed E-state index contributed by atoms with van der Waals surface area (Å²) < 4.78 is 49.5. The summed E-state index contributed by atoms with van der Waals surface area (Å²) in [5.41, 5.74) is 1.77. The fourth-order valence-electron chi connectivity index (χ4n) is 2.58. The minimum absolute atomic E-state index is 0.0981. The largest absolute Gasteiger partial charge is 0.456 e. The third kappa shape index (κ3) is 5.28. The molecular formula is C20H20FN3O5S. The number of nitrogens with one attached hydrogen (secondary N) is 1. The second-order valence-corrected chi connectivity index (χ2v) is 8.37. The maximum atomic E-state index is 13.7. The predicted octanol–water partition coefficient (Wildman–Crippen LogP) is 2.77. The van der Waals surface area contributed by atoms with E-state index in [9.17, 15) is 17.6 Å². The van der Waals surface area contributed by atoms with Crippen molar-refractivity contribution in [2.45, 2.75) is 31.3 Å². The Balaban J connectivity index is 1.50. The van der Waals surface area contributed by atoms with Crippen molar-refractivity contribution < 1.29 is 26.9 Å². The molecule has 1 heterocycles. The van der Waals surface area contributed by atoms with Crippen LogP contribution in [-0.2, 0) is 32.6 Å². The Hall–Kier alpha value is -3.11. The lowest BCUT2D eigenvalue weighted by molar-refractivity contribution is -0.145. The van der Waals surface area contributed by atoms with Crippen molar-refractivity contribution in [3.05, 3.63) is 65.3 Å². The Morgan fingerprint density at radius 1 is 1.20 bits per heavy atom. The van der Waals surface area contributed by atoms with Crippen molar-refractivity contribution in [1.29, 1.82) is 0 Å². The molecule has 0 spiro atoms. The molecule has 10 heteroatoms. The highest BCUT2D eigenvalue weighted by Gasteiger charge is 2.13. The van der Waals surface area contributed by atoms with Gasteiger partial charge in [0.2, 0.25) is 15.8 Å². The van der Waals surface area contributed by atoms with Crippen LogP contribution in [0.4, 0.5) is 4.39 Å². The van der Waals surface area contributed by atoms with Crippen LogP contribution < -0.4 is 4.72 Å². The Morgan fingerprint density at radius 3 is 2.60 bits per heavy atom. The van der Waals surface area contributed by atoms with Gasteiger partial charge in [-0.2, -0.15) is 4.98 Å². The van der Waals surface area contributed by atoms with Crippen LogP contribution in [0.15, 0.2) is 51.9 Å². The molecule has 2 aromatic carbocycles. The van der Waals surface area contributed by atoms with Gasteiger partial charge in [-0.1, -0.05) is 29.4 Å². The van der Waals surface area contributed by atoms with E-state index in [1.54, 1.807) is 31.2 Å². The van der Waals surface area contributed by atoms with E-state index >= 15 is 0 Å². The highest BCUT2D eigenvalue weighted by molar-refractivity contribution is 7.89. The quantitative estimate of drug-likeness (QED) is 0.544. The number of aromatic nitrogens is 2. The number of hydrogen-bond donors (Lipinski definition) is 1. The van der Waals surface area contributed by atoms with Crippen molar-refractivity contribution in [2.24, 2.45) is 0 Å². The molecule has 1 N–H and O–H groups in total. The van der Waals surface area contributed by atoms with Gasteiger partial charge in [-0.3, -0.25) is 4.79 Å². The summed E-state index contributed by atoms with van der Waals surface area (Å²) >= 11 is 0. The standard InChI is InChI=1S/C20H20FN3O5S/c1-13-3-7-15(11-17(13)21)20-23-18(29-24-20)12-28-19(25)10-6-14-4-8-16(9-5-14)30(26,27)22-2/h3-5,7-9,11,22H,6,10,12H2,1-2H3. The SMILES string of the molecule is CNS(=O)(=O)c1ccc(CCC(=O)OCc2nc(-c3ccc(C)c(F)c3)no2)cc1. The molecule has 0 bridgehead atoms. The number of benzene rings is 2. The van der Waals surface area contributed by atoms with E-state index in [4.69, 9.17) is 9.26 Å². The average Bonchev–Trinajstić information content (AvgIpc) is 3.22. The molecule has 1 aromatic heterocycles. The molecule has 0 fully saturated rings. The number of halogens is 1. The molecule has 8 nitrogen and oxygen atoms in total. The molecule has 0 saturated carbocycles. The predicted molar refractivity (Wildman–Crippen MR) is 105 cm³/mol. The minimum Gasteiger partial charge on any atom is -0.456 e. The van der Waals surface area contributed by atoms with Crippen LogP contribution in [0, 0.1) is 12.7 Å². The monoisotopic (exact) mass is 433 g/mol. The Bertz CT molecular complexity index is 1140. The van der Waals surface area contributed by atoms with E-state index in [-0.39, 0.29) is 35.5 Å². The van der Waals surface area contributed by atoms with Crippen LogP contribution in [0.25, 0.3) is 11.4 Å². The molecule has 3 rings (SSSR count). The summed E-state index contributed by atoms with van der Waals surface area (Å²) in [5.74, 6) is -0.539. The third-order valence-electron chi connectivity index (χ3n) is 4.37. The molecule has 3 aromatic rings.